The fourth-order valence-electron chi connectivity index (χ4n) is 4.49. The fraction of sp³-hybridized carbons (Fsp3) is 0.409. The van der Waals surface area contributed by atoms with Crippen LogP contribution in [0.3, 0.4) is 0 Å². The second kappa shape index (κ2) is 8.20. The van der Waals surface area contributed by atoms with Gasteiger partial charge < -0.3 is 15.1 Å². The Bertz CT molecular complexity index is 985. The minimum atomic E-state index is -4.74. The fourth-order valence-corrected chi connectivity index (χ4v) is 4.49. The Labute approximate surface area is 176 Å². The largest absolute Gasteiger partial charge is 0.459 e. The lowest BCUT2D eigenvalue weighted by Crippen LogP contribution is -2.40. The van der Waals surface area contributed by atoms with Crippen molar-refractivity contribution in [1.29, 1.82) is 0 Å². The van der Waals surface area contributed by atoms with Gasteiger partial charge in [-0.1, -0.05) is 6.42 Å². The van der Waals surface area contributed by atoms with Crippen molar-refractivity contribution < 1.29 is 32.0 Å². The number of benzene rings is 1. The number of hydrogen-bond donors (Lipinski definition) is 2. The first kappa shape index (κ1) is 21.1. The summed E-state index contributed by atoms with van der Waals surface area (Å²) in [7, 11) is 0. The van der Waals surface area contributed by atoms with Gasteiger partial charge in [-0.15, -0.1) is 0 Å². The third-order valence-electron chi connectivity index (χ3n) is 6.00. The number of Topliss-reactive ketones (excluding diaryl/α,β-unsaturated/α-hetero) is 1. The minimum Gasteiger partial charge on any atom is -0.459 e. The van der Waals surface area contributed by atoms with Crippen molar-refractivity contribution in [3.63, 3.8) is 0 Å². The molecule has 0 saturated heterocycles. The first-order valence-corrected chi connectivity index (χ1v) is 10.1. The Morgan fingerprint density at radius 2 is 1.74 bits per heavy atom. The molecule has 2 aromatic rings. The van der Waals surface area contributed by atoms with Crippen LogP contribution in [0.5, 0.6) is 0 Å². The summed E-state index contributed by atoms with van der Waals surface area (Å²) >= 11 is 0. The quantitative estimate of drug-likeness (QED) is 0.718. The van der Waals surface area contributed by atoms with Crippen molar-refractivity contribution in [3.8, 4) is 0 Å². The Morgan fingerprint density at radius 1 is 1.03 bits per heavy atom. The molecule has 2 saturated carbocycles. The van der Waals surface area contributed by atoms with E-state index in [0.717, 1.165) is 31.4 Å². The monoisotopic (exact) mass is 434 g/mol. The molecule has 1 heterocycles. The number of nitrogens with one attached hydrogen (secondary N) is 2. The summed E-state index contributed by atoms with van der Waals surface area (Å²) in [5.74, 6) is -1.90. The molecule has 31 heavy (non-hydrogen) atoms. The molecule has 2 aliphatic carbocycles. The third-order valence-corrected chi connectivity index (χ3v) is 6.00. The van der Waals surface area contributed by atoms with Gasteiger partial charge in [-0.3, -0.25) is 14.4 Å². The molecule has 6 nitrogen and oxygen atoms in total. The van der Waals surface area contributed by atoms with Gasteiger partial charge >= 0.3 is 6.18 Å². The molecule has 0 radical (unpaired) electrons. The maximum atomic E-state index is 13.6. The van der Waals surface area contributed by atoms with E-state index >= 15 is 0 Å². The predicted octanol–water partition coefficient (Wildman–Crippen LogP) is 4.88. The Hall–Kier alpha value is -3.10. The van der Waals surface area contributed by atoms with Gasteiger partial charge in [-0.2, -0.15) is 13.2 Å². The maximum Gasteiger partial charge on any atom is 0.418 e. The average Bonchev–Trinajstić information content (AvgIpc) is 3.23. The number of fused-ring (bicyclic) bond motifs is 2. The second-order valence-corrected chi connectivity index (χ2v) is 8.07. The van der Waals surface area contributed by atoms with Gasteiger partial charge in [0.15, 0.2) is 5.76 Å². The Balaban J connectivity index is 1.51. The molecule has 2 aliphatic rings. The lowest BCUT2D eigenvalue weighted by molar-refractivity contribution is -0.137. The highest BCUT2D eigenvalue weighted by molar-refractivity contribution is 6.02. The van der Waals surface area contributed by atoms with E-state index in [0.29, 0.717) is 12.8 Å². The van der Waals surface area contributed by atoms with Gasteiger partial charge in [0, 0.05) is 23.4 Å². The van der Waals surface area contributed by atoms with Crippen molar-refractivity contribution in [3.05, 3.63) is 47.9 Å². The summed E-state index contributed by atoms with van der Waals surface area (Å²) in [5, 5.41) is 4.75. The summed E-state index contributed by atoms with van der Waals surface area (Å²) in [6.07, 6.45) is -0.304. The lowest BCUT2D eigenvalue weighted by atomic mass is 9.67. The number of rotatable bonds is 4. The molecule has 2 bridgehead atoms. The van der Waals surface area contributed by atoms with Crippen LogP contribution >= 0.6 is 0 Å². The Morgan fingerprint density at radius 3 is 2.35 bits per heavy atom. The zero-order valence-corrected chi connectivity index (χ0v) is 16.5. The lowest BCUT2D eigenvalue weighted by Gasteiger charge is -2.37. The summed E-state index contributed by atoms with van der Waals surface area (Å²) in [4.78, 5) is 37.0. The number of halogens is 3. The minimum absolute atomic E-state index is 0.0386. The first-order chi connectivity index (χ1) is 14.7. The number of amides is 2. The number of alkyl halides is 3. The van der Waals surface area contributed by atoms with E-state index in [1.165, 1.54) is 24.5 Å². The third kappa shape index (κ3) is 4.50. The van der Waals surface area contributed by atoms with E-state index in [1.54, 1.807) is 0 Å². The van der Waals surface area contributed by atoms with Gasteiger partial charge in [0.25, 0.3) is 5.91 Å². The van der Waals surface area contributed by atoms with Gasteiger partial charge in [0.05, 0.1) is 17.5 Å². The molecule has 2 unspecified atom stereocenters. The molecule has 9 heteroatoms. The molecule has 2 fully saturated rings. The van der Waals surface area contributed by atoms with Crippen LogP contribution in [0.15, 0.2) is 41.0 Å². The van der Waals surface area contributed by atoms with Gasteiger partial charge in [0.1, 0.15) is 5.78 Å². The molecule has 0 aliphatic heterocycles. The second-order valence-electron chi connectivity index (χ2n) is 8.07. The van der Waals surface area contributed by atoms with Gasteiger partial charge in [0.2, 0.25) is 5.91 Å². The zero-order valence-electron chi connectivity index (χ0n) is 16.5. The molecule has 2 N–H and O–H groups in total. The van der Waals surface area contributed by atoms with Crippen molar-refractivity contribution >= 4 is 29.0 Å². The summed E-state index contributed by atoms with van der Waals surface area (Å²) in [6, 6.07) is 6.05. The van der Waals surface area contributed by atoms with E-state index in [-0.39, 0.29) is 34.8 Å². The zero-order chi connectivity index (χ0) is 22.2. The topological polar surface area (TPSA) is 88.4 Å². The van der Waals surface area contributed by atoms with Crippen molar-refractivity contribution in [1.82, 2.24) is 0 Å². The average molecular weight is 434 g/mol. The van der Waals surface area contributed by atoms with Crippen LogP contribution in [0, 0.1) is 17.8 Å². The molecular weight excluding hydrogens is 413 g/mol. The summed E-state index contributed by atoms with van der Waals surface area (Å²) in [5.41, 5.74) is -1.52. The number of ketones is 1. The van der Waals surface area contributed by atoms with Crippen molar-refractivity contribution in [2.45, 2.75) is 38.3 Å². The Kier molecular flexibility index (Phi) is 5.60. The van der Waals surface area contributed by atoms with Crippen LogP contribution in [0.2, 0.25) is 0 Å². The molecule has 4 rings (SSSR count). The SMILES string of the molecule is O=C(Nc1ccc(NC(=O)C2CC3CCCC(C2)C3=O)c(C(F)(F)F)c1)c1ccco1. The highest BCUT2D eigenvalue weighted by Gasteiger charge is 2.42. The smallest absolute Gasteiger partial charge is 0.418 e. The highest BCUT2D eigenvalue weighted by Crippen LogP contribution is 2.41. The normalized spacial score (nSPS) is 23.3. The van der Waals surface area contributed by atoms with Crippen molar-refractivity contribution in [2.24, 2.45) is 17.8 Å². The number of furan rings is 1. The van der Waals surface area contributed by atoms with E-state index in [2.05, 4.69) is 10.6 Å². The molecule has 1 aromatic heterocycles. The summed E-state index contributed by atoms with van der Waals surface area (Å²) < 4.78 is 45.9. The van der Waals surface area contributed by atoms with E-state index < -0.39 is 29.5 Å². The highest BCUT2D eigenvalue weighted by atomic mass is 19.4. The van der Waals surface area contributed by atoms with E-state index in [1.807, 2.05) is 0 Å². The number of carbonyl (C=O) groups excluding carboxylic acids is 3. The molecular formula is C22H21F3N2O4. The van der Waals surface area contributed by atoms with Gasteiger partial charge in [-0.05, 0) is 56.0 Å². The molecule has 2 atom stereocenters. The van der Waals surface area contributed by atoms with Crippen LogP contribution in [0.1, 0.15) is 48.2 Å². The van der Waals surface area contributed by atoms with Crippen LogP contribution in [0.25, 0.3) is 0 Å². The summed E-state index contributed by atoms with van der Waals surface area (Å²) in [6.45, 7) is 0. The number of carbonyl (C=O) groups is 3. The standard InChI is InChI=1S/C22H21F3N2O4/c23-22(24,25)16-11-15(26-21(30)18-5-2-8-31-18)6-7-17(16)27-20(29)14-9-12-3-1-4-13(10-14)19(12)28/h2,5-8,11-14H,1,3-4,9-10H2,(H,26,30)(H,27,29). The van der Waals surface area contributed by atoms with Crippen LogP contribution < -0.4 is 10.6 Å². The number of anilines is 2. The van der Waals surface area contributed by atoms with E-state index in [9.17, 15) is 27.6 Å². The first-order valence-electron chi connectivity index (χ1n) is 10.1. The van der Waals surface area contributed by atoms with Crippen LogP contribution in [0.4, 0.5) is 24.5 Å². The van der Waals surface area contributed by atoms with Crippen LogP contribution in [-0.4, -0.2) is 17.6 Å². The molecule has 2 amide bonds. The predicted molar refractivity (Wildman–Crippen MR) is 105 cm³/mol. The molecule has 164 valence electrons. The number of hydrogen-bond acceptors (Lipinski definition) is 4. The maximum absolute atomic E-state index is 13.6. The van der Waals surface area contributed by atoms with Gasteiger partial charge in [-0.25, -0.2) is 0 Å². The van der Waals surface area contributed by atoms with Crippen molar-refractivity contribution in [2.75, 3.05) is 10.6 Å². The molecule has 1 aromatic carbocycles. The van der Waals surface area contributed by atoms with E-state index in [4.69, 9.17) is 4.42 Å². The van der Waals surface area contributed by atoms with Crippen LogP contribution in [-0.2, 0) is 15.8 Å². The molecule has 0 spiro atoms.